The van der Waals surface area contributed by atoms with E-state index in [0.717, 1.165) is 37.0 Å². The van der Waals surface area contributed by atoms with Crippen LogP contribution in [0.4, 0.5) is 0 Å². The third kappa shape index (κ3) is 2.30. The first-order valence-corrected chi connectivity index (χ1v) is 10.0. The van der Waals surface area contributed by atoms with Crippen LogP contribution in [0.2, 0.25) is 0 Å². The van der Waals surface area contributed by atoms with Gasteiger partial charge in [-0.05, 0) is 92.3 Å². The van der Waals surface area contributed by atoms with Crippen LogP contribution in [-0.4, -0.2) is 22.6 Å². The first-order chi connectivity index (χ1) is 11.5. The lowest BCUT2D eigenvalue weighted by Gasteiger charge is -2.58. The highest BCUT2D eigenvalue weighted by molar-refractivity contribution is 5.56. The minimum atomic E-state index is -0.108. The van der Waals surface area contributed by atoms with Crippen molar-refractivity contribution in [1.29, 1.82) is 0 Å². The van der Waals surface area contributed by atoms with Crippen molar-refractivity contribution in [2.24, 2.45) is 39.7 Å². The third-order valence-electron chi connectivity index (χ3n) is 8.75. The first kappa shape index (κ1) is 16.6. The largest absolute Gasteiger partial charge is 0.411 e. The average molecular weight is 332 g/mol. The van der Waals surface area contributed by atoms with Crippen molar-refractivity contribution in [2.75, 3.05) is 0 Å². The molecule has 0 saturated heterocycles. The summed E-state index contributed by atoms with van der Waals surface area (Å²) in [6, 6.07) is 0. The Kier molecular flexibility index (Phi) is 4.06. The van der Waals surface area contributed by atoms with E-state index in [9.17, 15) is 5.11 Å². The Hall–Kier alpha value is -0.830. The van der Waals surface area contributed by atoms with Gasteiger partial charge in [0.2, 0.25) is 0 Å². The molecule has 2 N–H and O–H groups in total. The van der Waals surface area contributed by atoms with Crippen LogP contribution in [0, 0.1) is 34.5 Å². The minimum Gasteiger partial charge on any atom is -0.411 e. The van der Waals surface area contributed by atoms with Crippen LogP contribution >= 0.6 is 0 Å². The van der Waals surface area contributed by atoms with Crippen molar-refractivity contribution >= 4 is 6.21 Å². The second-order valence-electron chi connectivity index (χ2n) is 9.51. The predicted octanol–water partition coefficient (Wildman–Crippen LogP) is 4.78. The highest BCUT2D eigenvalue weighted by Gasteiger charge is 2.58. The van der Waals surface area contributed by atoms with E-state index in [4.69, 9.17) is 5.21 Å². The van der Waals surface area contributed by atoms with E-state index in [1.54, 1.807) is 11.8 Å². The Balaban J connectivity index is 1.60. The van der Waals surface area contributed by atoms with Crippen LogP contribution in [0.5, 0.6) is 0 Å². The van der Waals surface area contributed by atoms with Gasteiger partial charge in [-0.3, -0.25) is 0 Å². The van der Waals surface area contributed by atoms with Gasteiger partial charge in [0, 0.05) is 6.21 Å². The summed E-state index contributed by atoms with van der Waals surface area (Å²) in [4.78, 5) is 0. The lowest BCUT2D eigenvalue weighted by Crippen LogP contribution is -2.50. The number of oxime groups is 1. The highest BCUT2D eigenvalue weighted by atomic mass is 16.4. The van der Waals surface area contributed by atoms with Gasteiger partial charge in [-0.25, -0.2) is 0 Å². The standard InChI is InChI=1S/C21H33NO2/c1-20-11-8-19-17(18(20)6-4-14(20)9-12-22-24)5-3-15-13-16(23)7-10-21(15,19)2/h3,12,14,16-19,23-24H,4-11,13H2,1-2H3/b22-12+/t14-,16+,17+,18+,19+,20-,21+/m1/s1. The summed E-state index contributed by atoms with van der Waals surface area (Å²) in [5.41, 5.74) is 2.33. The van der Waals surface area contributed by atoms with Gasteiger partial charge in [-0.15, -0.1) is 5.16 Å². The molecule has 0 unspecified atom stereocenters. The van der Waals surface area contributed by atoms with Crippen molar-refractivity contribution < 1.29 is 10.3 Å². The van der Waals surface area contributed by atoms with Gasteiger partial charge in [0.1, 0.15) is 0 Å². The fraction of sp³-hybridized carbons (Fsp3) is 0.857. The molecule has 134 valence electrons. The Bertz CT molecular complexity index is 556. The fourth-order valence-electron chi connectivity index (χ4n) is 7.31. The number of aliphatic hydroxyl groups excluding tert-OH is 1. The zero-order valence-corrected chi connectivity index (χ0v) is 15.2. The fourth-order valence-corrected chi connectivity index (χ4v) is 7.31. The molecule has 0 aromatic heterocycles. The molecule has 0 radical (unpaired) electrons. The van der Waals surface area contributed by atoms with E-state index in [0.29, 0.717) is 16.7 Å². The summed E-state index contributed by atoms with van der Waals surface area (Å²) in [5, 5.41) is 22.2. The zero-order chi connectivity index (χ0) is 16.9. The van der Waals surface area contributed by atoms with Gasteiger partial charge >= 0.3 is 0 Å². The molecule has 4 aliphatic carbocycles. The Labute approximate surface area is 146 Å². The van der Waals surface area contributed by atoms with E-state index in [1.807, 2.05) is 0 Å². The molecule has 0 aliphatic heterocycles. The van der Waals surface area contributed by atoms with Crippen LogP contribution in [0.25, 0.3) is 0 Å². The molecule has 4 rings (SSSR count). The molecule has 0 heterocycles. The number of hydrogen-bond acceptors (Lipinski definition) is 3. The number of nitrogens with zero attached hydrogens (tertiary/aromatic N) is 1. The number of hydrogen-bond donors (Lipinski definition) is 2. The Morgan fingerprint density at radius 1 is 1.17 bits per heavy atom. The van der Waals surface area contributed by atoms with Crippen LogP contribution < -0.4 is 0 Å². The molecule has 3 saturated carbocycles. The number of allylic oxidation sites excluding steroid dienone is 1. The lowest BCUT2D eigenvalue weighted by molar-refractivity contribution is -0.0487. The van der Waals surface area contributed by atoms with E-state index in [-0.39, 0.29) is 6.10 Å². The van der Waals surface area contributed by atoms with Gasteiger partial charge in [-0.2, -0.15) is 0 Å². The highest BCUT2D eigenvalue weighted by Crippen LogP contribution is 2.66. The molecule has 24 heavy (non-hydrogen) atoms. The SMILES string of the molecule is C[C@]12CC[C@H]3[C@@H](CC=C4C[C@@H](O)CC[C@@]43C)[C@@H]1CC[C@@H]2C/C=N/O. The molecule has 0 aromatic rings. The molecular weight excluding hydrogens is 298 g/mol. The maximum absolute atomic E-state index is 10.1. The van der Waals surface area contributed by atoms with E-state index in [2.05, 4.69) is 25.1 Å². The molecule has 0 spiro atoms. The van der Waals surface area contributed by atoms with Crippen LogP contribution in [0.3, 0.4) is 0 Å². The second-order valence-corrected chi connectivity index (χ2v) is 9.51. The molecule has 4 aliphatic rings. The summed E-state index contributed by atoms with van der Waals surface area (Å²) < 4.78 is 0. The van der Waals surface area contributed by atoms with Crippen molar-refractivity contribution in [3.8, 4) is 0 Å². The van der Waals surface area contributed by atoms with E-state index in [1.165, 1.54) is 38.5 Å². The Morgan fingerprint density at radius 2 is 2.00 bits per heavy atom. The van der Waals surface area contributed by atoms with Gasteiger partial charge in [0.05, 0.1) is 6.10 Å². The molecule has 0 aromatic carbocycles. The molecule has 7 atom stereocenters. The summed E-state index contributed by atoms with van der Waals surface area (Å²) in [6.07, 6.45) is 14.7. The predicted molar refractivity (Wildman–Crippen MR) is 96.1 cm³/mol. The molecule has 3 nitrogen and oxygen atoms in total. The summed E-state index contributed by atoms with van der Waals surface area (Å²) in [5.74, 6) is 3.15. The maximum atomic E-state index is 10.1. The maximum Gasteiger partial charge on any atom is 0.0577 e. The normalized spacial score (nSPS) is 51.0. The van der Waals surface area contributed by atoms with E-state index < -0.39 is 0 Å². The number of rotatable bonds is 2. The monoisotopic (exact) mass is 331 g/mol. The molecular formula is C21H33NO2. The lowest BCUT2D eigenvalue weighted by atomic mass is 9.47. The quantitative estimate of drug-likeness (QED) is 0.331. The summed E-state index contributed by atoms with van der Waals surface area (Å²) in [7, 11) is 0. The van der Waals surface area contributed by atoms with E-state index >= 15 is 0 Å². The van der Waals surface area contributed by atoms with Crippen molar-refractivity contribution in [2.45, 2.75) is 77.7 Å². The molecule has 0 amide bonds. The second kappa shape index (κ2) is 5.86. The summed E-state index contributed by atoms with van der Waals surface area (Å²) in [6.45, 7) is 5.01. The van der Waals surface area contributed by atoms with Gasteiger partial charge < -0.3 is 10.3 Å². The Morgan fingerprint density at radius 3 is 2.79 bits per heavy atom. The molecule has 0 bridgehead atoms. The molecule has 3 heteroatoms. The van der Waals surface area contributed by atoms with Crippen LogP contribution in [-0.2, 0) is 0 Å². The van der Waals surface area contributed by atoms with Gasteiger partial charge in [-0.1, -0.05) is 25.5 Å². The zero-order valence-electron chi connectivity index (χ0n) is 15.2. The average Bonchev–Trinajstić information content (AvgIpc) is 2.90. The van der Waals surface area contributed by atoms with Crippen molar-refractivity contribution in [3.63, 3.8) is 0 Å². The van der Waals surface area contributed by atoms with Gasteiger partial charge in [0.15, 0.2) is 0 Å². The number of aliphatic hydroxyl groups is 1. The minimum absolute atomic E-state index is 0.108. The first-order valence-electron chi connectivity index (χ1n) is 10.0. The third-order valence-corrected chi connectivity index (χ3v) is 8.75. The number of fused-ring (bicyclic) bond motifs is 5. The van der Waals surface area contributed by atoms with Crippen LogP contribution in [0.1, 0.15) is 71.6 Å². The smallest absolute Gasteiger partial charge is 0.0577 e. The summed E-state index contributed by atoms with van der Waals surface area (Å²) >= 11 is 0. The van der Waals surface area contributed by atoms with Crippen LogP contribution in [0.15, 0.2) is 16.8 Å². The molecule has 3 fully saturated rings. The van der Waals surface area contributed by atoms with Crippen molar-refractivity contribution in [1.82, 2.24) is 0 Å². The topological polar surface area (TPSA) is 52.8 Å². The van der Waals surface area contributed by atoms with Gasteiger partial charge in [0.25, 0.3) is 0 Å². The van der Waals surface area contributed by atoms with Crippen molar-refractivity contribution in [3.05, 3.63) is 11.6 Å².